The summed E-state index contributed by atoms with van der Waals surface area (Å²) in [5.74, 6) is 1.58. The minimum absolute atomic E-state index is 0.0222. The minimum atomic E-state index is -0.0222. The van der Waals surface area contributed by atoms with E-state index >= 15 is 0 Å². The van der Waals surface area contributed by atoms with Crippen molar-refractivity contribution in [2.75, 3.05) is 20.8 Å². The Labute approximate surface area is 158 Å². The third-order valence-electron chi connectivity index (χ3n) is 5.13. The maximum atomic E-state index is 13.1. The number of methoxy groups -OCH3 is 2. The van der Waals surface area contributed by atoms with E-state index in [0.717, 1.165) is 47.4 Å². The Morgan fingerprint density at radius 2 is 1.74 bits per heavy atom. The Bertz CT molecular complexity index is 969. The number of nitrogens with zero attached hydrogens (tertiary/aromatic N) is 2. The number of fused-ring (bicyclic) bond motifs is 1. The smallest absolute Gasteiger partial charge is 0.272 e. The van der Waals surface area contributed by atoms with E-state index < -0.39 is 0 Å². The zero-order valence-corrected chi connectivity index (χ0v) is 15.5. The zero-order chi connectivity index (χ0) is 18.8. The van der Waals surface area contributed by atoms with Gasteiger partial charge in [0.1, 0.15) is 17.2 Å². The van der Waals surface area contributed by atoms with Crippen LogP contribution in [0.1, 0.15) is 34.9 Å². The van der Waals surface area contributed by atoms with E-state index in [1.807, 2.05) is 53.4 Å². The van der Waals surface area contributed by atoms with E-state index in [0.29, 0.717) is 5.69 Å². The predicted octanol–water partition coefficient (Wildman–Crippen LogP) is 4.23. The summed E-state index contributed by atoms with van der Waals surface area (Å²) >= 11 is 0. The van der Waals surface area contributed by atoms with Gasteiger partial charge in [-0.05, 0) is 54.8 Å². The lowest BCUT2D eigenvalue weighted by molar-refractivity contribution is 0.0730. The van der Waals surface area contributed by atoms with Crippen LogP contribution in [0.3, 0.4) is 0 Å². The van der Waals surface area contributed by atoms with Crippen molar-refractivity contribution in [3.63, 3.8) is 0 Å². The lowest BCUT2D eigenvalue weighted by atomic mass is 10.0. The summed E-state index contributed by atoms with van der Waals surface area (Å²) < 4.78 is 10.5. The summed E-state index contributed by atoms with van der Waals surface area (Å²) in [6, 6.07) is 17.4. The Kier molecular flexibility index (Phi) is 4.67. The molecule has 1 atom stereocenters. The quantitative estimate of drug-likeness (QED) is 0.697. The number of aromatic nitrogens is 1. The van der Waals surface area contributed by atoms with Crippen molar-refractivity contribution in [2.45, 2.75) is 18.9 Å². The van der Waals surface area contributed by atoms with Crippen molar-refractivity contribution >= 4 is 16.8 Å². The molecule has 0 aliphatic carbocycles. The van der Waals surface area contributed by atoms with Crippen LogP contribution in [0.4, 0.5) is 0 Å². The molecule has 5 heteroatoms. The van der Waals surface area contributed by atoms with E-state index in [2.05, 4.69) is 4.98 Å². The molecule has 3 aromatic rings. The van der Waals surface area contributed by atoms with E-state index in [1.54, 1.807) is 20.3 Å². The summed E-state index contributed by atoms with van der Waals surface area (Å²) in [4.78, 5) is 19.6. The SMILES string of the molecule is COc1ccc([C@@H]2CCCN2C(=O)c2ccc3cc(OC)ccc3n2)cc1. The van der Waals surface area contributed by atoms with Gasteiger partial charge < -0.3 is 14.4 Å². The lowest BCUT2D eigenvalue weighted by Crippen LogP contribution is -2.31. The predicted molar refractivity (Wildman–Crippen MR) is 104 cm³/mol. The van der Waals surface area contributed by atoms with Crippen molar-refractivity contribution in [3.8, 4) is 11.5 Å². The monoisotopic (exact) mass is 362 g/mol. The first-order valence-electron chi connectivity index (χ1n) is 9.09. The zero-order valence-electron chi connectivity index (χ0n) is 15.5. The molecule has 1 aromatic heterocycles. The molecule has 5 nitrogen and oxygen atoms in total. The van der Waals surface area contributed by atoms with Gasteiger partial charge in [0.05, 0.1) is 25.8 Å². The second kappa shape index (κ2) is 7.27. The van der Waals surface area contributed by atoms with Crippen LogP contribution in [0.5, 0.6) is 11.5 Å². The molecule has 27 heavy (non-hydrogen) atoms. The molecule has 0 unspecified atom stereocenters. The lowest BCUT2D eigenvalue weighted by Gasteiger charge is -2.25. The van der Waals surface area contributed by atoms with Crippen LogP contribution < -0.4 is 9.47 Å². The molecule has 1 aliphatic rings. The van der Waals surface area contributed by atoms with Gasteiger partial charge in [-0.1, -0.05) is 18.2 Å². The first-order valence-corrected chi connectivity index (χ1v) is 9.09. The molecular formula is C22H22N2O3. The second-order valence-corrected chi connectivity index (χ2v) is 6.68. The first kappa shape index (κ1) is 17.3. The standard InChI is InChI=1S/C22H22N2O3/c1-26-17-8-5-15(6-9-17)21-4-3-13-24(21)22(25)20-11-7-16-14-18(27-2)10-12-19(16)23-20/h5-12,14,21H,3-4,13H2,1-2H3/t21-/m0/s1. The van der Waals surface area contributed by atoms with E-state index in [-0.39, 0.29) is 11.9 Å². The third kappa shape index (κ3) is 3.33. The number of hydrogen-bond acceptors (Lipinski definition) is 4. The Balaban J connectivity index is 1.61. The molecule has 0 bridgehead atoms. The highest BCUT2D eigenvalue weighted by Gasteiger charge is 2.31. The van der Waals surface area contributed by atoms with Crippen LogP contribution in [0, 0.1) is 0 Å². The van der Waals surface area contributed by atoms with Gasteiger partial charge in [0.25, 0.3) is 5.91 Å². The molecule has 2 aromatic carbocycles. The average molecular weight is 362 g/mol. The Morgan fingerprint density at radius 1 is 1.00 bits per heavy atom. The minimum Gasteiger partial charge on any atom is -0.497 e. The maximum absolute atomic E-state index is 13.1. The molecule has 138 valence electrons. The van der Waals surface area contributed by atoms with Crippen molar-refractivity contribution in [3.05, 3.63) is 65.9 Å². The fourth-order valence-electron chi connectivity index (χ4n) is 3.68. The number of benzene rings is 2. The van der Waals surface area contributed by atoms with E-state index in [4.69, 9.17) is 9.47 Å². The van der Waals surface area contributed by atoms with Gasteiger partial charge in [0, 0.05) is 11.9 Å². The van der Waals surface area contributed by atoms with Gasteiger partial charge in [0.15, 0.2) is 0 Å². The average Bonchev–Trinajstić information content (AvgIpc) is 3.22. The summed E-state index contributed by atoms with van der Waals surface area (Å²) in [7, 11) is 3.29. The summed E-state index contributed by atoms with van der Waals surface area (Å²) in [5.41, 5.74) is 2.40. The molecule has 4 rings (SSSR count). The largest absolute Gasteiger partial charge is 0.497 e. The molecule has 0 N–H and O–H groups in total. The van der Waals surface area contributed by atoms with Crippen molar-refractivity contribution in [2.24, 2.45) is 0 Å². The number of pyridine rings is 1. The van der Waals surface area contributed by atoms with Crippen LogP contribution >= 0.6 is 0 Å². The van der Waals surface area contributed by atoms with Crippen LogP contribution in [0.2, 0.25) is 0 Å². The number of likely N-dealkylation sites (tertiary alicyclic amines) is 1. The van der Waals surface area contributed by atoms with Crippen LogP contribution in [0.25, 0.3) is 10.9 Å². The number of hydrogen-bond donors (Lipinski definition) is 0. The number of ether oxygens (including phenoxy) is 2. The maximum Gasteiger partial charge on any atom is 0.272 e. The number of amides is 1. The molecule has 1 fully saturated rings. The highest BCUT2D eigenvalue weighted by atomic mass is 16.5. The normalized spacial score (nSPS) is 16.5. The number of rotatable bonds is 4. The summed E-state index contributed by atoms with van der Waals surface area (Å²) in [6.45, 7) is 0.748. The molecular weight excluding hydrogens is 340 g/mol. The summed E-state index contributed by atoms with van der Waals surface area (Å²) in [5, 5.41) is 0.957. The van der Waals surface area contributed by atoms with Crippen LogP contribution in [-0.4, -0.2) is 36.6 Å². The molecule has 0 spiro atoms. The molecule has 2 heterocycles. The van der Waals surface area contributed by atoms with Gasteiger partial charge in [-0.3, -0.25) is 4.79 Å². The van der Waals surface area contributed by atoms with Crippen LogP contribution in [0.15, 0.2) is 54.6 Å². The van der Waals surface area contributed by atoms with Gasteiger partial charge in [-0.15, -0.1) is 0 Å². The highest BCUT2D eigenvalue weighted by molar-refractivity contribution is 5.95. The first-order chi connectivity index (χ1) is 13.2. The van der Waals surface area contributed by atoms with E-state index in [1.165, 1.54) is 0 Å². The second-order valence-electron chi connectivity index (χ2n) is 6.68. The van der Waals surface area contributed by atoms with Crippen LogP contribution in [-0.2, 0) is 0 Å². The Hall–Kier alpha value is -3.08. The molecule has 1 amide bonds. The topological polar surface area (TPSA) is 51.7 Å². The molecule has 0 saturated carbocycles. The van der Waals surface area contributed by atoms with Crippen molar-refractivity contribution < 1.29 is 14.3 Å². The molecule has 0 radical (unpaired) electrons. The molecule has 1 aliphatic heterocycles. The molecule has 1 saturated heterocycles. The third-order valence-corrected chi connectivity index (χ3v) is 5.13. The fourth-order valence-corrected chi connectivity index (χ4v) is 3.68. The number of carbonyl (C=O) groups excluding carboxylic acids is 1. The number of carbonyl (C=O) groups is 1. The Morgan fingerprint density at radius 3 is 2.48 bits per heavy atom. The van der Waals surface area contributed by atoms with Gasteiger partial charge in [0.2, 0.25) is 0 Å². The van der Waals surface area contributed by atoms with Crippen molar-refractivity contribution in [1.29, 1.82) is 0 Å². The van der Waals surface area contributed by atoms with Gasteiger partial charge in [-0.25, -0.2) is 4.98 Å². The fraction of sp³-hybridized carbons (Fsp3) is 0.273. The van der Waals surface area contributed by atoms with Gasteiger partial charge in [-0.2, -0.15) is 0 Å². The van der Waals surface area contributed by atoms with Gasteiger partial charge >= 0.3 is 0 Å². The van der Waals surface area contributed by atoms with E-state index in [9.17, 15) is 4.79 Å². The highest BCUT2D eigenvalue weighted by Crippen LogP contribution is 2.34. The summed E-state index contributed by atoms with van der Waals surface area (Å²) in [6.07, 6.45) is 1.95. The van der Waals surface area contributed by atoms with Crippen molar-refractivity contribution in [1.82, 2.24) is 9.88 Å².